The van der Waals surface area contributed by atoms with Gasteiger partial charge in [-0.25, -0.2) is 8.42 Å². The highest BCUT2D eigenvalue weighted by Gasteiger charge is 2.39. The first kappa shape index (κ1) is 17.4. The molecule has 0 spiro atoms. The Morgan fingerprint density at radius 1 is 1.12 bits per heavy atom. The topological polar surface area (TPSA) is 75.7 Å². The monoisotopic (exact) mass is 360 g/mol. The highest BCUT2D eigenvalue weighted by molar-refractivity contribution is 7.89. The Kier molecular flexibility index (Phi) is 5.06. The summed E-state index contributed by atoms with van der Waals surface area (Å²) in [5, 5.41) is 2.79. The lowest BCUT2D eigenvalue weighted by Crippen LogP contribution is -2.43. The van der Waals surface area contributed by atoms with Crippen molar-refractivity contribution in [3.63, 3.8) is 0 Å². The van der Waals surface area contributed by atoms with Crippen LogP contribution in [0.4, 0.5) is 5.69 Å². The first-order valence-electron chi connectivity index (χ1n) is 8.05. The van der Waals surface area contributed by atoms with Crippen molar-refractivity contribution in [2.75, 3.05) is 19.0 Å². The van der Waals surface area contributed by atoms with Crippen molar-refractivity contribution in [3.8, 4) is 5.75 Å². The first-order chi connectivity index (χ1) is 12.0. The number of carbonyl (C=O) groups excluding carboxylic acids is 1. The van der Waals surface area contributed by atoms with Crippen LogP contribution in [-0.4, -0.2) is 38.3 Å². The minimum absolute atomic E-state index is 0.201. The number of sulfonamides is 1. The van der Waals surface area contributed by atoms with Crippen LogP contribution < -0.4 is 10.1 Å². The third kappa shape index (κ3) is 3.52. The summed E-state index contributed by atoms with van der Waals surface area (Å²) in [6, 6.07) is 14.5. The molecule has 3 rings (SSSR count). The van der Waals surface area contributed by atoms with E-state index in [2.05, 4.69) is 5.32 Å². The number of amides is 1. The van der Waals surface area contributed by atoms with Crippen molar-refractivity contribution in [2.45, 2.75) is 23.8 Å². The lowest BCUT2D eigenvalue weighted by molar-refractivity contribution is -0.119. The molecule has 6 nitrogen and oxygen atoms in total. The lowest BCUT2D eigenvalue weighted by Gasteiger charge is -2.23. The summed E-state index contributed by atoms with van der Waals surface area (Å²) in [7, 11) is -2.18. The van der Waals surface area contributed by atoms with E-state index in [0.29, 0.717) is 30.8 Å². The van der Waals surface area contributed by atoms with Gasteiger partial charge in [-0.15, -0.1) is 0 Å². The van der Waals surface area contributed by atoms with E-state index in [0.717, 1.165) is 0 Å². The number of hydrogen-bond donors (Lipinski definition) is 1. The quantitative estimate of drug-likeness (QED) is 0.889. The van der Waals surface area contributed by atoms with Gasteiger partial charge in [0.25, 0.3) is 0 Å². The highest BCUT2D eigenvalue weighted by Crippen LogP contribution is 2.28. The SMILES string of the molecule is COc1ccccc1NC(=O)C1CCCN1S(=O)(=O)c1ccccc1. The van der Waals surface area contributed by atoms with Crippen LogP contribution in [0.25, 0.3) is 0 Å². The molecule has 0 saturated carbocycles. The largest absolute Gasteiger partial charge is 0.495 e. The van der Waals surface area contributed by atoms with Gasteiger partial charge in [-0.3, -0.25) is 4.79 Å². The van der Waals surface area contributed by atoms with Gasteiger partial charge < -0.3 is 10.1 Å². The molecule has 1 atom stereocenters. The fourth-order valence-corrected chi connectivity index (χ4v) is 4.66. The average molecular weight is 360 g/mol. The van der Waals surface area contributed by atoms with E-state index in [-0.39, 0.29) is 10.8 Å². The second-order valence-electron chi connectivity index (χ2n) is 5.78. The number of carbonyl (C=O) groups is 1. The summed E-state index contributed by atoms with van der Waals surface area (Å²) in [6.45, 7) is 0.335. The van der Waals surface area contributed by atoms with Gasteiger partial charge >= 0.3 is 0 Å². The predicted molar refractivity (Wildman–Crippen MR) is 95.0 cm³/mol. The molecule has 0 aromatic heterocycles. The van der Waals surface area contributed by atoms with Crippen LogP contribution in [0, 0.1) is 0 Å². The number of nitrogens with zero attached hydrogens (tertiary/aromatic N) is 1. The Hall–Kier alpha value is -2.38. The number of rotatable bonds is 5. The number of anilines is 1. The van der Waals surface area contributed by atoms with E-state index in [1.54, 1.807) is 54.6 Å². The number of methoxy groups -OCH3 is 1. The van der Waals surface area contributed by atoms with Crippen molar-refractivity contribution in [1.82, 2.24) is 4.31 Å². The molecule has 2 aromatic carbocycles. The third-order valence-electron chi connectivity index (χ3n) is 4.22. The molecule has 7 heteroatoms. The second-order valence-corrected chi connectivity index (χ2v) is 7.67. The fourth-order valence-electron chi connectivity index (χ4n) is 2.98. The van der Waals surface area contributed by atoms with Gasteiger partial charge in [0.05, 0.1) is 17.7 Å². The van der Waals surface area contributed by atoms with Crippen molar-refractivity contribution in [3.05, 3.63) is 54.6 Å². The summed E-state index contributed by atoms with van der Waals surface area (Å²) in [4.78, 5) is 12.9. The van der Waals surface area contributed by atoms with Crippen molar-refractivity contribution in [2.24, 2.45) is 0 Å². The van der Waals surface area contributed by atoms with Crippen LogP contribution in [0.5, 0.6) is 5.75 Å². The molecule has 1 heterocycles. The Morgan fingerprint density at radius 2 is 1.80 bits per heavy atom. The van der Waals surface area contributed by atoms with Crippen LogP contribution in [0.15, 0.2) is 59.5 Å². The van der Waals surface area contributed by atoms with Crippen LogP contribution >= 0.6 is 0 Å². The zero-order valence-corrected chi connectivity index (χ0v) is 14.7. The third-order valence-corrected chi connectivity index (χ3v) is 6.14. The molecule has 0 aliphatic carbocycles. The van der Waals surface area contributed by atoms with Crippen molar-refractivity contribution in [1.29, 1.82) is 0 Å². The number of hydrogen-bond acceptors (Lipinski definition) is 4. The maximum Gasteiger partial charge on any atom is 0.243 e. The molecule has 1 unspecified atom stereocenters. The van der Waals surface area contributed by atoms with Crippen LogP contribution in [-0.2, 0) is 14.8 Å². The van der Waals surface area contributed by atoms with E-state index in [1.165, 1.54) is 11.4 Å². The molecule has 1 aliphatic heterocycles. The Balaban J connectivity index is 1.83. The normalized spacial score (nSPS) is 18.0. The molecular formula is C18H20N2O4S. The van der Waals surface area contributed by atoms with Gasteiger partial charge in [0.2, 0.25) is 15.9 Å². The molecule has 1 N–H and O–H groups in total. The molecule has 2 aromatic rings. The highest BCUT2D eigenvalue weighted by atomic mass is 32.2. The van der Waals surface area contributed by atoms with Gasteiger partial charge in [-0.2, -0.15) is 4.31 Å². The number of para-hydroxylation sites is 2. The van der Waals surface area contributed by atoms with Crippen molar-refractivity contribution >= 4 is 21.6 Å². The van der Waals surface area contributed by atoms with Gasteiger partial charge in [0.1, 0.15) is 11.8 Å². The summed E-state index contributed by atoms with van der Waals surface area (Å²) < 4.78 is 32.2. The molecule has 0 radical (unpaired) electrons. The number of ether oxygens (including phenoxy) is 1. The molecule has 0 bridgehead atoms. The van der Waals surface area contributed by atoms with E-state index < -0.39 is 16.1 Å². The minimum Gasteiger partial charge on any atom is -0.495 e. The minimum atomic E-state index is -3.70. The molecule has 1 fully saturated rings. The van der Waals surface area contributed by atoms with E-state index >= 15 is 0 Å². The van der Waals surface area contributed by atoms with E-state index in [4.69, 9.17) is 4.74 Å². The summed E-state index contributed by atoms with van der Waals surface area (Å²) in [5.41, 5.74) is 0.527. The van der Waals surface area contributed by atoms with E-state index in [1.807, 2.05) is 0 Å². The first-order valence-corrected chi connectivity index (χ1v) is 9.49. The zero-order chi connectivity index (χ0) is 17.9. The van der Waals surface area contributed by atoms with Crippen LogP contribution in [0.1, 0.15) is 12.8 Å². The number of nitrogens with one attached hydrogen (secondary N) is 1. The van der Waals surface area contributed by atoms with Crippen molar-refractivity contribution < 1.29 is 17.9 Å². The fraction of sp³-hybridized carbons (Fsp3) is 0.278. The van der Waals surface area contributed by atoms with Gasteiger partial charge in [0.15, 0.2) is 0 Å². The molecule has 1 amide bonds. The molecule has 132 valence electrons. The summed E-state index contributed by atoms with van der Waals surface area (Å²) in [5.74, 6) is 0.188. The maximum atomic E-state index is 12.8. The smallest absolute Gasteiger partial charge is 0.243 e. The predicted octanol–water partition coefficient (Wildman–Crippen LogP) is 2.49. The van der Waals surface area contributed by atoms with Gasteiger partial charge in [-0.05, 0) is 37.1 Å². The second kappa shape index (κ2) is 7.25. The number of benzene rings is 2. The zero-order valence-electron chi connectivity index (χ0n) is 13.9. The van der Waals surface area contributed by atoms with Gasteiger partial charge in [0, 0.05) is 6.54 Å². The Bertz CT molecular complexity index is 852. The molecule has 1 aliphatic rings. The summed E-state index contributed by atoms with van der Waals surface area (Å²) in [6.07, 6.45) is 1.14. The van der Waals surface area contributed by atoms with Crippen LogP contribution in [0.3, 0.4) is 0 Å². The summed E-state index contributed by atoms with van der Waals surface area (Å²) >= 11 is 0. The Morgan fingerprint density at radius 3 is 2.52 bits per heavy atom. The Labute approximate surface area is 147 Å². The molecular weight excluding hydrogens is 340 g/mol. The van der Waals surface area contributed by atoms with Gasteiger partial charge in [-0.1, -0.05) is 30.3 Å². The standard InChI is InChI=1S/C18H20N2O4S/c1-24-17-12-6-5-10-15(17)19-18(21)16-11-7-13-20(16)25(22,23)14-8-3-2-4-9-14/h2-6,8-10,12,16H,7,11,13H2,1H3,(H,19,21). The lowest BCUT2D eigenvalue weighted by atomic mass is 10.2. The average Bonchev–Trinajstić information content (AvgIpc) is 3.14. The maximum absolute atomic E-state index is 12.8. The van der Waals surface area contributed by atoms with Crippen LogP contribution in [0.2, 0.25) is 0 Å². The van der Waals surface area contributed by atoms with E-state index in [9.17, 15) is 13.2 Å². The molecule has 25 heavy (non-hydrogen) atoms. The molecule has 1 saturated heterocycles.